The Bertz CT molecular complexity index is 532. The average Bonchev–Trinajstić information content (AvgIpc) is 2.61. The molecule has 1 unspecified atom stereocenters. The summed E-state index contributed by atoms with van der Waals surface area (Å²) in [6.07, 6.45) is 8.62. The minimum atomic E-state index is -2.73. The van der Waals surface area contributed by atoms with Crippen LogP contribution < -0.4 is 0 Å². The summed E-state index contributed by atoms with van der Waals surface area (Å²) < 4.78 is 39.4. The van der Waals surface area contributed by atoms with E-state index in [-0.39, 0.29) is 0 Å². The predicted octanol–water partition coefficient (Wildman–Crippen LogP) is 7.25. The summed E-state index contributed by atoms with van der Waals surface area (Å²) in [6.45, 7) is 2.29. The Kier molecular flexibility index (Phi) is 5.89. The van der Waals surface area contributed by atoms with E-state index in [1.807, 2.05) is 0 Å². The molecule has 0 spiro atoms. The van der Waals surface area contributed by atoms with Crippen LogP contribution in [0.15, 0.2) is 18.2 Å². The van der Waals surface area contributed by atoms with Gasteiger partial charge >= 0.3 is 0 Å². The lowest BCUT2D eigenvalue weighted by Crippen LogP contribution is -2.26. The van der Waals surface area contributed by atoms with Gasteiger partial charge in [-0.2, -0.15) is 0 Å². The second kappa shape index (κ2) is 7.93. The molecule has 0 N–H and O–H groups in total. The van der Waals surface area contributed by atoms with Crippen LogP contribution >= 0.6 is 0 Å². The van der Waals surface area contributed by atoms with Gasteiger partial charge in [-0.1, -0.05) is 51.2 Å². The number of hydrogen-bond acceptors (Lipinski definition) is 0. The minimum absolute atomic E-state index is 0.342. The third-order valence-corrected chi connectivity index (χ3v) is 6.58. The van der Waals surface area contributed by atoms with E-state index in [1.165, 1.54) is 57.1 Å². The Morgan fingerprint density at radius 1 is 1.00 bits per heavy atom. The van der Waals surface area contributed by atoms with Crippen molar-refractivity contribution in [2.24, 2.45) is 17.8 Å². The summed E-state index contributed by atoms with van der Waals surface area (Å²) in [5.41, 5.74) is 0.452. The highest BCUT2D eigenvalue weighted by Crippen LogP contribution is 2.45. The van der Waals surface area contributed by atoms with Gasteiger partial charge in [0.15, 0.2) is 0 Å². The third kappa shape index (κ3) is 3.97. The second-order valence-electron chi connectivity index (χ2n) is 7.89. The normalized spacial score (nSPS) is 31.4. The molecule has 1 aromatic carbocycles. The van der Waals surface area contributed by atoms with Crippen molar-refractivity contribution in [2.75, 3.05) is 0 Å². The van der Waals surface area contributed by atoms with Gasteiger partial charge < -0.3 is 0 Å². The van der Waals surface area contributed by atoms with Crippen molar-refractivity contribution in [1.29, 1.82) is 0 Å². The van der Waals surface area contributed by atoms with Crippen LogP contribution in [0.2, 0.25) is 0 Å². The molecule has 0 amide bonds. The molecule has 2 fully saturated rings. The number of alkyl halides is 2. The molecule has 0 aromatic heterocycles. The minimum Gasteiger partial charge on any atom is -0.206 e. The van der Waals surface area contributed by atoms with Crippen molar-refractivity contribution in [3.8, 4) is 0 Å². The average molecular weight is 338 g/mol. The van der Waals surface area contributed by atoms with E-state index >= 15 is 0 Å². The van der Waals surface area contributed by atoms with E-state index in [0.29, 0.717) is 5.92 Å². The maximum absolute atomic E-state index is 13.9. The lowest BCUT2D eigenvalue weighted by Gasteiger charge is -2.38. The fraction of sp³-hybridized carbons (Fsp3) is 0.714. The quantitative estimate of drug-likeness (QED) is 0.542. The summed E-state index contributed by atoms with van der Waals surface area (Å²) in [5.74, 6) is 2.07. The smallest absolute Gasteiger partial charge is 0.206 e. The van der Waals surface area contributed by atoms with Crippen molar-refractivity contribution >= 4 is 0 Å². The second-order valence-corrected chi connectivity index (χ2v) is 7.89. The Morgan fingerprint density at radius 2 is 1.75 bits per heavy atom. The number of halogens is 3. The summed E-state index contributed by atoms with van der Waals surface area (Å²) in [7, 11) is 0. The zero-order chi connectivity index (χ0) is 17.1. The Labute approximate surface area is 143 Å². The molecule has 3 rings (SSSR count). The molecule has 24 heavy (non-hydrogen) atoms. The first-order valence-electron chi connectivity index (χ1n) is 9.66. The molecule has 2 atom stereocenters. The third-order valence-electron chi connectivity index (χ3n) is 6.58. The molecule has 0 radical (unpaired) electrons. The highest BCUT2D eigenvalue weighted by atomic mass is 19.3. The van der Waals surface area contributed by atoms with Crippen molar-refractivity contribution in [3.05, 3.63) is 35.1 Å². The van der Waals surface area contributed by atoms with E-state index in [9.17, 15) is 13.2 Å². The maximum Gasteiger partial charge on any atom is 0.266 e. The van der Waals surface area contributed by atoms with Gasteiger partial charge in [0.25, 0.3) is 6.43 Å². The maximum atomic E-state index is 13.9. The lowest BCUT2D eigenvalue weighted by atomic mass is 9.67. The summed E-state index contributed by atoms with van der Waals surface area (Å²) in [6, 6.07) is 4.37. The van der Waals surface area contributed by atoms with Crippen LogP contribution in [0, 0.1) is 23.6 Å². The molecule has 134 valence electrons. The fourth-order valence-electron chi connectivity index (χ4n) is 5.00. The first kappa shape index (κ1) is 17.8. The molecule has 3 heteroatoms. The molecule has 0 heterocycles. The van der Waals surface area contributed by atoms with Gasteiger partial charge in [0.1, 0.15) is 5.82 Å². The van der Waals surface area contributed by atoms with E-state index in [2.05, 4.69) is 6.92 Å². The topological polar surface area (TPSA) is 0 Å². The molecular weight excluding hydrogens is 309 g/mol. The van der Waals surface area contributed by atoms with Crippen LogP contribution in [-0.4, -0.2) is 0 Å². The van der Waals surface area contributed by atoms with E-state index in [0.717, 1.165) is 36.2 Å². The van der Waals surface area contributed by atoms with Gasteiger partial charge in [0.05, 0.1) is 5.56 Å². The predicted molar refractivity (Wildman–Crippen MR) is 91.8 cm³/mol. The van der Waals surface area contributed by atoms with Crippen molar-refractivity contribution in [2.45, 2.75) is 77.1 Å². The van der Waals surface area contributed by atoms with Gasteiger partial charge in [-0.05, 0) is 61.0 Å². The SMILES string of the molecule is CC[C@H]1CC[C@H](C2CCC[C@H](c3ccc(C(F)F)c(F)c3)C2)CC1. The molecule has 0 nitrogen and oxygen atoms in total. The van der Waals surface area contributed by atoms with Gasteiger partial charge in [0, 0.05) is 0 Å². The number of hydrogen-bond donors (Lipinski definition) is 0. The first-order chi connectivity index (χ1) is 11.6. The number of rotatable bonds is 4. The Morgan fingerprint density at radius 3 is 2.38 bits per heavy atom. The zero-order valence-corrected chi connectivity index (χ0v) is 14.6. The highest BCUT2D eigenvalue weighted by Gasteiger charge is 2.32. The van der Waals surface area contributed by atoms with Crippen LogP contribution in [0.3, 0.4) is 0 Å². The van der Waals surface area contributed by atoms with Gasteiger partial charge in [-0.3, -0.25) is 0 Å². The Balaban J connectivity index is 1.64. The van der Waals surface area contributed by atoms with Gasteiger partial charge in [-0.25, -0.2) is 13.2 Å². The van der Waals surface area contributed by atoms with E-state index in [4.69, 9.17) is 0 Å². The molecule has 0 bridgehead atoms. The van der Waals surface area contributed by atoms with Crippen LogP contribution in [0.25, 0.3) is 0 Å². The van der Waals surface area contributed by atoms with Crippen LogP contribution in [0.5, 0.6) is 0 Å². The first-order valence-corrected chi connectivity index (χ1v) is 9.66. The molecule has 2 saturated carbocycles. The zero-order valence-electron chi connectivity index (χ0n) is 14.6. The number of benzene rings is 1. The summed E-state index contributed by atoms with van der Waals surface area (Å²) in [5, 5.41) is 0. The van der Waals surface area contributed by atoms with Crippen molar-refractivity contribution < 1.29 is 13.2 Å². The monoisotopic (exact) mass is 338 g/mol. The fourth-order valence-corrected chi connectivity index (χ4v) is 5.00. The molecular formula is C21H29F3. The molecule has 0 saturated heterocycles. The van der Waals surface area contributed by atoms with E-state index < -0.39 is 17.8 Å². The van der Waals surface area contributed by atoms with Crippen LogP contribution in [0.1, 0.15) is 88.2 Å². The standard InChI is InChI=1S/C21H29F3/c1-2-14-6-8-15(9-7-14)16-4-3-5-17(12-16)18-10-11-19(21(23)24)20(22)13-18/h10-11,13-17,21H,2-9,12H2,1H3/t14-,15-,16?,17-/m0/s1. The molecule has 2 aliphatic carbocycles. The van der Waals surface area contributed by atoms with Gasteiger partial charge in [-0.15, -0.1) is 0 Å². The van der Waals surface area contributed by atoms with Crippen LogP contribution in [-0.2, 0) is 0 Å². The van der Waals surface area contributed by atoms with Crippen LogP contribution in [0.4, 0.5) is 13.2 Å². The van der Waals surface area contributed by atoms with Crippen molar-refractivity contribution in [1.82, 2.24) is 0 Å². The van der Waals surface area contributed by atoms with E-state index in [1.54, 1.807) is 6.07 Å². The summed E-state index contributed by atoms with van der Waals surface area (Å²) >= 11 is 0. The summed E-state index contributed by atoms with van der Waals surface area (Å²) in [4.78, 5) is 0. The highest BCUT2D eigenvalue weighted by molar-refractivity contribution is 5.28. The van der Waals surface area contributed by atoms with Gasteiger partial charge in [0.2, 0.25) is 0 Å². The van der Waals surface area contributed by atoms with Crippen molar-refractivity contribution in [3.63, 3.8) is 0 Å². The molecule has 2 aliphatic rings. The molecule has 0 aliphatic heterocycles. The Hall–Kier alpha value is -0.990. The lowest BCUT2D eigenvalue weighted by molar-refractivity contribution is 0.146. The molecule has 1 aromatic rings. The largest absolute Gasteiger partial charge is 0.266 e.